The highest BCUT2D eigenvalue weighted by Crippen LogP contribution is 2.21. The molecule has 1 aromatic carbocycles. The average Bonchev–Trinajstić information content (AvgIpc) is 2.81. The third-order valence-electron chi connectivity index (χ3n) is 2.76. The molecule has 0 spiro atoms. The zero-order valence-corrected chi connectivity index (χ0v) is 10.5. The van der Waals surface area contributed by atoms with E-state index in [1.165, 1.54) is 0 Å². The summed E-state index contributed by atoms with van der Waals surface area (Å²) in [4.78, 5) is 13.0. The highest BCUT2D eigenvalue weighted by atomic mass is 16.5. The van der Waals surface area contributed by atoms with Crippen LogP contribution in [-0.2, 0) is 4.79 Å². The summed E-state index contributed by atoms with van der Waals surface area (Å²) in [5, 5.41) is 0. The molecule has 0 radical (unpaired) electrons. The summed E-state index contributed by atoms with van der Waals surface area (Å²) in [6.45, 7) is 0.715. The minimum atomic E-state index is 0.0948. The Morgan fingerprint density at radius 2 is 1.83 bits per heavy atom. The van der Waals surface area contributed by atoms with Crippen molar-refractivity contribution in [3.63, 3.8) is 0 Å². The first-order valence-electron chi connectivity index (χ1n) is 5.78. The highest BCUT2D eigenvalue weighted by molar-refractivity contribution is 5.80. The van der Waals surface area contributed by atoms with Crippen molar-refractivity contribution in [3.05, 3.63) is 23.8 Å². The fourth-order valence-corrected chi connectivity index (χ4v) is 1.78. The molecule has 1 fully saturated rings. The van der Waals surface area contributed by atoms with E-state index in [2.05, 4.69) is 12.0 Å². The van der Waals surface area contributed by atoms with Crippen LogP contribution < -0.4 is 9.47 Å². The van der Waals surface area contributed by atoms with Gasteiger partial charge in [0.15, 0.2) is 0 Å². The number of hydrogen-bond acceptors (Lipinski definition) is 3. The van der Waals surface area contributed by atoms with Crippen LogP contribution in [0.2, 0.25) is 0 Å². The van der Waals surface area contributed by atoms with Crippen molar-refractivity contribution >= 4 is 5.91 Å². The van der Waals surface area contributed by atoms with Gasteiger partial charge in [-0.25, -0.2) is 0 Å². The lowest BCUT2D eigenvalue weighted by molar-refractivity contribution is -0.124. The number of hydrogen-bond donors (Lipinski definition) is 0. The van der Waals surface area contributed by atoms with Crippen molar-refractivity contribution in [2.75, 3.05) is 20.8 Å². The van der Waals surface area contributed by atoms with Crippen LogP contribution in [0.4, 0.5) is 0 Å². The fraction of sp³-hybridized carbons (Fsp3) is 0.357. The molecule has 0 saturated carbocycles. The molecule has 1 saturated heterocycles. The second kappa shape index (κ2) is 5.46. The lowest BCUT2D eigenvalue weighted by Gasteiger charge is -2.06. The number of rotatable bonds is 2. The van der Waals surface area contributed by atoms with Crippen LogP contribution in [0.1, 0.15) is 18.4 Å². The number of ether oxygens (including phenoxy) is 2. The first-order chi connectivity index (χ1) is 8.72. The van der Waals surface area contributed by atoms with Gasteiger partial charge >= 0.3 is 0 Å². The zero-order chi connectivity index (χ0) is 13.0. The van der Waals surface area contributed by atoms with Crippen molar-refractivity contribution in [1.82, 2.24) is 4.90 Å². The van der Waals surface area contributed by atoms with Gasteiger partial charge in [-0.1, -0.05) is 0 Å². The Bertz CT molecular complexity index is 491. The number of likely N-dealkylation sites (tertiary alicyclic amines) is 1. The van der Waals surface area contributed by atoms with Crippen LogP contribution in [0.15, 0.2) is 18.2 Å². The van der Waals surface area contributed by atoms with Crippen molar-refractivity contribution in [3.8, 4) is 23.5 Å². The molecule has 0 aromatic heterocycles. The predicted molar refractivity (Wildman–Crippen MR) is 67.4 cm³/mol. The van der Waals surface area contributed by atoms with Crippen LogP contribution in [0.25, 0.3) is 0 Å². The Kier molecular flexibility index (Phi) is 3.73. The normalized spacial score (nSPS) is 14.1. The van der Waals surface area contributed by atoms with E-state index in [0.717, 1.165) is 12.0 Å². The number of benzene rings is 1. The zero-order valence-electron chi connectivity index (χ0n) is 10.5. The van der Waals surface area contributed by atoms with Crippen molar-refractivity contribution in [2.45, 2.75) is 12.8 Å². The smallest absolute Gasteiger partial charge is 0.234 e. The number of carbonyl (C=O) groups excluding carboxylic acids is 1. The Balaban J connectivity index is 2.23. The van der Waals surface area contributed by atoms with Gasteiger partial charge < -0.3 is 9.47 Å². The molecule has 2 rings (SSSR count). The fourth-order valence-electron chi connectivity index (χ4n) is 1.78. The van der Waals surface area contributed by atoms with Gasteiger partial charge in [-0.3, -0.25) is 9.69 Å². The summed E-state index contributed by atoms with van der Waals surface area (Å²) in [6, 6.07) is 8.29. The lowest BCUT2D eigenvalue weighted by Crippen LogP contribution is -2.17. The van der Waals surface area contributed by atoms with E-state index >= 15 is 0 Å². The number of methoxy groups -OCH3 is 2. The van der Waals surface area contributed by atoms with Crippen LogP contribution >= 0.6 is 0 Å². The average molecular weight is 245 g/mol. The molecular formula is C14H15NO3. The lowest BCUT2D eigenvalue weighted by atomic mass is 10.2. The molecule has 0 N–H and O–H groups in total. The third kappa shape index (κ3) is 2.75. The van der Waals surface area contributed by atoms with Crippen LogP contribution in [-0.4, -0.2) is 31.6 Å². The maximum atomic E-state index is 11.4. The molecule has 1 aliphatic heterocycles. The molecule has 0 atom stereocenters. The third-order valence-corrected chi connectivity index (χ3v) is 2.76. The van der Waals surface area contributed by atoms with Crippen LogP contribution in [0.5, 0.6) is 11.5 Å². The maximum absolute atomic E-state index is 11.4. The Morgan fingerprint density at radius 1 is 1.17 bits per heavy atom. The molecule has 4 heteroatoms. The minimum absolute atomic E-state index is 0.0948. The Morgan fingerprint density at radius 3 is 2.33 bits per heavy atom. The molecular weight excluding hydrogens is 230 g/mol. The van der Waals surface area contributed by atoms with Crippen molar-refractivity contribution < 1.29 is 14.3 Å². The molecule has 0 bridgehead atoms. The highest BCUT2D eigenvalue weighted by Gasteiger charge is 2.17. The van der Waals surface area contributed by atoms with E-state index in [4.69, 9.17) is 9.47 Å². The number of carbonyl (C=O) groups is 1. The summed E-state index contributed by atoms with van der Waals surface area (Å²) < 4.78 is 10.3. The standard InChI is InChI=1S/C14H15NO3/c1-17-12-8-11(9-13(10-12)18-2)5-7-15-6-3-4-14(15)16/h8-10H,3-4,6H2,1-2H3. The summed E-state index contributed by atoms with van der Waals surface area (Å²) in [5.74, 6) is 4.43. The molecule has 1 aromatic rings. The van der Waals surface area contributed by atoms with E-state index < -0.39 is 0 Å². The Hall–Kier alpha value is -2.15. The summed E-state index contributed by atoms with van der Waals surface area (Å²) in [5.41, 5.74) is 0.769. The quantitative estimate of drug-likeness (QED) is 0.743. The van der Waals surface area contributed by atoms with Crippen LogP contribution in [0, 0.1) is 12.0 Å². The van der Waals surface area contributed by atoms with Gasteiger partial charge in [0.25, 0.3) is 0 Å². The van der Waals surface area contributed by atoms with Gasteiger partial charge in [-0.05, 0) is 24.5 Å². The first-order valence-corrected chi connectivity index (χ1v) is 5.78. The van der Waals surface area contributed by atoms with E-state index in [0.29, 0.717) is 24.5 Å². The van der Waals surface area contributed by atoms with E-state index in [1.807, 2.05) is 12.1 Å². The van der Waals surface area contributed by atoms with Gasteiger partial charge in [-0.15, -0.1) is 0 Å². The van der Waals surface area contributed by atoms with Gasteiger partial charge in [0.1, 0.15) is 11.5 Å². The minimum Gasteiger partial charge on any atom is -0.497 e. The van der Waals surface area contributed by atoms with E-state index in [9.17, 15) is 4.79 Å². The number of nitrogens with zero attached hydrogens (tertiary/aromatic N) is 1. The monoisotopic (exact) mass is 245 g/mol. The molecule has 0 aliphatic carbocycles. The van der Waals surface area contributed by atoms with Gasteiger partial charge in [0, 0.05) is 30.6 Å². The first kappa shape index (κ1) is 12.3. The predicted octanol–water partition coefficient (Wildman–Crippen LogP) is 1.64. The number of amides is 1. The molecule has 94 valence electrons. The summed E-state index contributed by atoms with van der Waals surface area (Å²) in [7, 11) is 3.19. The topological polar surface area (TPSA) is 38.8 Å². The van der Waals surface area contributed by atoms with Crippen molar-refractivity contribution in [2.24, 2.45) is 0 Å². The van der Waals surface area contributed by atoms with Gasteiger partial charge in [0.2, 0.25) is 5.91 Å². The summed E-state index contributed by atoms with van der Waals surface area (Å²) in [6.07, 6.45) is 1.48. The van der Waals surface area contributed by atoms with Crippen molar-refractivity contribution in [1.29, 1.82) is 0 Å². The molecule has 18 heavy (non-hydrogen) atoms. The molecule has 1 heterocycles. The Labute approximate surface area is 106 Å². The molecule has 4 nitrogen and oxygen atoms in total. The molecule has 1 aliphatic rings. The second-order valence-electron chi connectivity index (χ2n) is 3.99. The van der Waals surface area contributed by atoms with Gasteiger partial charge in [0.05, 0.1) is 14.2 Å². The van der Waals surface area contributed by atoms with E-state index in [-0.39, 0.29) is 5.91 Å². The summed E-state index contributed by atoms with van der Waals surface area (Å²) >= 11 is 0. The van der Waals surface area contributed by atoms with E-state index in [1.54, 1.807) is 25.2 Å². The second-order valence-corrected chi connectivity index (χ2v) is 3.99. The SMILES string of the molecule is COc1cc(C#CN2CCCC2=O)cc(OC)c1. The maximum Gasteiger partial charge on any atom is 0.234 e. The largest absolute Gasteiger partial charge is 0.497 e. The van der Waals surface area contributed by atoms with Gasteiger partial charge in [-0.2, -0.15) is 0 Å². The van der Waals surface area contributed by atoms with Crippen LogP contribution in [0.3, 0.4) is 0 Å². The molecule has 0 unspecified atom stereocenters. The molecule has 1 amide bonds.